The van der Waals surface area contributed by atoms with Gasteiger partial charge in [-0.05, 0) is 64.8 Å². The molecule has 160 valence electrons. The first-order valence-corrected chi connectivity index (χ1v) is 10.1. The van der Waals surface area contributed by atoms with E-state index in [1.807, 2.05) is 63.2 Å². The Bertz CT molecular complexity index is 899. The zero-order valence-corrected chi connectivity index (χ0v) is 18.8. The first kappa shape index (κ1) is 23.3. The highest BCUT2D eigenvalue weighted by molar-refractivity contribution is 5.88. The molecule has 2 rings (SSSR count). The molecule has 0 aliphatic heterocycles. The second-order valence-electron chi connectivity index (χ2n) is 8.29. The molecule has 4 nitrogen and oxygen atoms in total. The van der Waals surface area contributed by atoms with Gasteiger partial charge in [-0.1, -0.05) is 42.0 Å². The van der Waals surface area contributed by atoms with Crippen molar-refractivity contribution in [2.45, 2.75) is 53.2 Å². The molecule has 0 saturated carbocycles. The lowest BCUT2D eigenvalue weighted by atomic mass is 10.0. The first-order valence-electron chi connectivity index (χ1n) is 10.1. The summed E-state index contributed by atoms with van der Waals surface area (Å²) in [5.74, 6) is 1.07. The van der Waals surface area contributed by atoms with E-state index in [1.165, 1.54) is 11.6 Å². The van der Waals surface area contributed by atoms with Crippen molar-refractivity contribution in [3.8, 4) is 11.5 Å². The lowest BCUT2D eigenvalue weighted by molar-refractivity contribution is -0.148. The van der Waals surface area contributed by atoms with Gasteiger partial charge in [0.2, 0.25) is 0 Å². The lowest BCUT2D eigenvalue weighted by Gasteiger charge is -2.18. The lowest BCUT2D eigenvalue weighted by Crippen LogP contribution is -2.22. The summed E-state index contributed by atoms with van der Waals surface area (Å²) < 4.78 is 17.2. The minimum atomic E-state index is -0.539. The van der Waals surface area contributed by atoms with Crippen molar-refractivity contribution in [2.75, 3.05) is 7.11 Å². The maximum atomic E-state index is 12.2. The molecule has 4 heteroatoms. The number of methoxy groups -OCH3 is 1. The molecule has 0 atom stereocenters. The largest absolute Gasteiger partial charge is 0.496 e. The second kappa shape index (κ2) is 10.7. The van der Waals surface area contributed by atoms with E-state index in [1.54, 1.807) is 13.2 Å². The summed E-state index contributed by atoms with van der Waals surface area (Å²) in [5, 5.41) is 0. The fourth-order valence-electron chi connectivity index (χ4n) is 2.84. The first-order chi connectivity index (χ1) is 14.2. The Labute approximate surface area is 180 Å². The summed E-state index contributed by atoms with van der Waals surface area (Å²) in [5.41, 5.74) is 3.48. The van der Waals surface area contributed by atoms with Gasteiger partial charge >= 0.3 is 5.97 Å². The number of hydrogen-bond donors (Lipinski definition) is 0. The minimum absolute atomic E-state index is 0.391. The Morgan fingerprint density at radius 2 is 1.73 bits per heavy atom. The van der Waals surface area contributed by atoms with E-state index in [0.717, 1.165) is 22.4 Å². The Balaban J connectivity index is 2.42. The Kier molecular flexibility index (Phi) is 8.28. The summed E-state index contributed by atoms with van der Waals surface area (Å²) in [6.07, 6.45) is 5.98. The van der Waals surface area contributed by atoms with Crippen LogP contribution in [0.5, 0.6) is 11.5 Å². The summed E-state index contributed by atoms with van der Waals surface area (Å²) >= 11 is 0. The summed E-state index contributed by atoms with van der Waals surface area (Å²) in [4.78, 5) is 12.2. The van der Waals surface area contributed by atoms with Gasteiger partial charge in [0.05, 0.1) is 7.11 Å². The molecule has 0 spiro atoms. The van der Waals surface area contributed by atoms with E-state index in [-0.39, 0.29) is 0 Å². The number of benzene rings is 2. The van der Waals surface area contributed by atoms with Crippen LogP contribution in [0.1, 0.15) is 51.3 Å². The molecule has 0 saturated heterocycles. The summed E-state index contributed by atoms with van der Waals surface area (Å²) in [7, 11) is 1.65. The predicted molar refractivity (Wildman–Crippen MR) is 122 cm³/mol. The van der Waals surface area contributed by atoms with Gasteiger partial charge in [-0.25, -0.2) is 4.79 Å². The van der Waals surface area contributed by atoms with Crippen LogP contribution < -0.4 is 9.47 Å². The van der Waals surface area contributed by atoms with Crippen LogP contribution in [0.25, 0.3) is 6.08 Å². The summed E-state index contributed by atoms with van der Waals surface area (Å²) in [6.45, 7) is 10.1. The fraction of sp³-hybridized carbons (Fsp3) is 0.346. The smallest absolute Gasteiger partial charge is 0.331 e. The third-order valence-corrected chi connectivity index (χ3v) is 4.21. The van der Waals surface area contributed by atoms with Crippen LogP contribution in [0.2, 0.25) is 0 Å². The van der Waals surface area contributed by atoms with E-state index in [2.05, 4.69) is 19.9 Å². The van der Waals surface area contributed by atoms with E-state index >= 15 is 0 Å². The molecule has 0 fully saturated rings. The molecule has 0 unspecified atom stereocenters. The van der Waals surface area contributed by atoms with Crippen LogP contribution in [-0.4, -0.2) is 18.7 Å². The summed E-state index contributed by atoms with van der Waals surface area (Å²) in [6, 6.07) is 13.8. The molecule has 0 radical (unpaired) electrons. The van der Waals surface area contributed by atoms with Gasteiger partial charge in [-0.3, -0.25) is 0 Å². The number of carbonyl (C=O) groups is 1. The average Bonchev–Trinajstić information content (AvgIpc) is 2.68. The van der Waals surface area contributed by atoms with Crippen molar-refractivity contribution in [1.29, 1.82) is 0 Å². The van der Waals surface area contributed by atoms with Gasteiger partial charge in [0.15, 0.2) is 0 Å². The van der Waals surface area contributed by atoms with Crippen molar-refractivity contribution in [3.63, 3.8) is 0 Å². The highest BCUT2D eigenvalue weighted by Gasteiger charge is 2.16. The standard InChI is InChI=1S/C26H32O4/c1-19(2)12-15-22-23(28-6)16-13-21(14-17-24(27)30-26(3,4)5)25(22)29-18-20-10-8-7-9-11-20/h7-14,16-17H,15,18H2,1-6H3/b17-14-. The van der Waals surface area contributed by atoms with Gasteiger partial charge in [-0.2, -0.15) is 0 Å². The molecule has 2 aromatic carbocycles. The van der Waals surface area contributed by atoms with Crippen LogP contribution in [0.4, 0.5) is 0 Å². The molecular weight excluding hydrogens is 376 g/mol. The molecule has 30 heavy (non-hydrogen) atoms. The van der Waals surface area contributed by atoms with Crippen LogP contribution in [0, 0.1) is 0 Å². The molecule has 0 aliphatic carbocycles. The SMILES string of the molecule is COc1ccc(/C=C\C(=O)OC(C)(C)C)c(OCc2ccccc2)c1CC=C(C)C. The van der Waals surface area contributed by atoms with Crippen LogP contribution >= 0.6 is 0 Å². The van der Waals surface area contributed by atoms with Crippen LogP contribution in [0.3, 0.4) is 0 Å². The van der Waals surface area contributed by atoms with Crippen LogP contribution in [-0.2, 0) is 22.6 Å². The van der Waals surface area contributed by atoms with Crippen molar-refractivity contribution in [2.24, 2.45) is 0 Å². The van der Waals surface area contributed by atoms with Crippen molar-refractivity contribution >= 4 is 12.0 Å². The zero-order chi connectivity index (χ0) is 22.1. The normalized spacial score (nSPS) is 11.3. The monoisotopic (exact) mass is 408 g/mol. The van der Waals surface area contributed by atoms with Crippen molar-refractivity contribution in [1.82, 2.24) is 0 Å². The third-order valence-electron chi connectivity index (χ3n) is 4.21. The highest BCUT2D eigenvalue weighted by atomic mass is 16.6. The fourth-order valence-corrected chi connectivity index (χ4v) is 2.84. The van der Waals surface area contributed by atoms with Gasteiger partial charge < -0.3 is 14.2 Å². The molecule has 0 N–H and O–H groups in total. The molecule has 0 aromatic heterocycles. The number of rotatable bonds is 8. The maximum Gasteiger partial charge on any atom is 0.331 e. The molecule has 0 bridgehead atoms. The average molecular weight is 409 g/mol. The zero-order valence-electron chi connectivity index (χ0n) is 18.8. The minimum Gasteiger partial charge on any atom is -0.496 e. The molecule has 2 aromatic rings. The third kappa shape index (κ3) is 7.43. The number of esters is 1. The topological polar surface area (TPSA) is 44.8 Å². The van der Waals surface area contributed by atoms with Gasteiger partial charge in [-0.15, -0.1) is 0 Å². The van der Waals surface area contributed by atoms with Crippen LogP contribution in [0.15, 0.2) is 60.2 Å². The van der Waals surface area contributed by atoms with Gasteiger partial charge in [0, 0.05) is 17.2 Å². The van der Waals surface area contributed by atoms with E-state index in [4.69, 9.17) is 14.2 Å². The maximum absolute atomic E-state index is 12.2. The van der Waals surface area contributed by atoms with Gasteiger partial charge in [0.1, 0.15) is 23.7 Å². The Morgan fingerprint density at radius 1 is 1.03 bits per heavy atom. The molecule has 0 amide bonds. The van der Waals surface area contributed by atoms with Crippen molar-refractivity contribution < 1.29 is 19.0 Å². The van der Waals surface area contributed by atoms with Gasteiger partial charge in [0.25, 0.3) is 0 Å². The molecule has 0 heterocycles. The highest BCUT2D eigenvalue weighted by Crippen LogP contribution is 2.35. The van der Waals surface area contributed by atoms with E-state index in [0.29, 0.717) is 18.8 Å². The molecule has 0 aliphatic rings. The number of hydrogen-bond acceptors (Lipinski definition) is 4. The quantitative estimate of drug-likeness (QED) is 0.299. The molecular formula is C26H32O4. The van der Waals surface area contributed by atoms with E-state index < -0.39 is 11.6 Å². The number of carbonyl (C=O) groups excluding carboxylic acids is 1. The van der Waals surface area contributed by atoms with Crippen molar-refractivity contribution in [3.05, 3.63) is 76.9 Å². The second-order valence-corrected chi connectivity index (χ2v) is 8.29. The predicted octanol–water partition coefficient (Wildman–Crippen LogP) is 6.14. The number of ether oxygens (including phenoxy) is 3. The number of allylic oxidation sites excluding steroid dienone is 2. The Hall–Kier alpha value is -3.01. The van der Waals surface area contributed by atoms with E-state index in [9.17, 15) is 4.79 Å². The Morgan fingerprint density at radius 3 is 2.33 bits per heavy atom.